The monoisotopic (exact) mass is 192 g/mol. The third kappa shape index (κ3) is 2.19. The average molecular weight is 192 g/mol. The van der Waals surface area contributed by atoms with E-state index in [1.165, 1.54) is 19.9 Å². The maximum Gasteiger partial charge on any atom is 0.163 e. The van der Waals surface area contributed by atoms with E-state index in [-0.39, 0.29) is 29.3 Å². The Balaban J connectivity index is 3.21. The van der Waals surface area contributed by atoms with Gasteiger partial charge in [-0.25, -0.2) is 0 Å². The number of phenols is 1. The summed E-state index contributed by atoms with van der Waals surface area (Å²) in [4.78, 5) is 22.1. The summed E-state index contributed by atoms with van der Waals surface area (Å²) < 4.78 is 0. The number of rotatable bonds is 3. The van der Waals surface area contributed by atoms with Crippen molar-refractivity contribution in [3.63, 3.8) is 0 Å². The molecule has 0 saturated carbocycles. The number of hydrogen-bond acceptors (Lipinski definition) is 3. The summed E-state index contributed by atoms with van der Waals surface area (Å²) in [5, 5.41) is 9.44. The highest BCUT2D eigenvalue weighted by atomic mass is 16.3. The summed E-state index contributed by atoms with van der Waals surface area (Å²) in [6.07, 6.45) is 0.184. The van der Waals surface area contributed by atoms with E-state index in [4.69, 9.17) is 0 Å². The van der Waals surface area contributed by atoms with E-state index < -0.39 is 0 Å². The molecule has 0 atom stereocenters. The quantitative estimate of drug-likeness (QED) is 0.742. The van der Waals surface area contributed by atoms with Crippen molar-refractivity contribution in [2.75, 3.05) is 0 Å². The van der Waals surface area contributed by atoms with Crippen molar-refractivity contribution in [2.24, 2.45) is 0 Å². The van der Waals surface area contributed by atoms with Gasteiger partial charge in [-0.2, -0.15) is 0 Å². The Morgan fingerprint density at radius 2 is 1.93 bits per heavy atom. The minimum atomic E-state index is -0.223. The lowest BCUT2D eigenvalue weighted by Crippen LogP contribution is -2.04. The largest absolute Gasteiger partial charge is 0.507 e. The van der Waals surface area contributed by atoms with Crippen LogP contribution in [0.5, 0.6) is 5.75 Å². The predicted molar refractivity (Wildman–Crippen MR) is 52.5 cm³/mol. The van der Waals surface area contributed by atoms with Crippen molar-refractivity contribution < 1.29 is 14.7 Å². The van der Waals surface area contributed by atoms with Gasteiger partial charge in [0.15, 0.2) is 5.78 Å². The van der Waals surface area contributed by atoms with Crippen LogP contribution in [0.25, 0.3) is 0 Å². The highest BCUT2D eigenvalue weighted by Crippen LogP contribution is 2.22. The Labute approximate surface area is 82.4 Å². The van der Waals surface area contributed by atoms with Crippen LogP contribution >= 0.6 is 0 Å². The molecule has 0 aliphatic rings. The van der Waals surface area contributed by atoms with E-state index in [9.17, 15) is 14.7 Å². The molecule has 3 heteroatoms. The Kier molecular flexibility index (Phi) is 3.02. The molecule has 3 nitrogen and oxygen atoms in total. The molecule has 1 aromatic carbocycles. The van der Waals surface area contributed by atoms with Crippen LogP contribution in [-0.2, 0) is 11.2 Å². The minimum Gasteiger partial charge on any atom is -0.507 e. The summed E-state index contributed by atoms with van der Waals surface area (Å²) in [5.41, 5.74) is 0.840. The fourth-order valence-electron chi connectivity index (χ4n) is 1.41. The Bertz CT molecular complexity index is 380. The molecule has 0 fully saturated rings. The summed E-state index contributed by atoms with van der Waals surface area (Å²) in [5.74, 6) is -0.311. The van der Waals surface area contributed by atoms with Crippen molar-refractivity contribution in [3.05, 3.63) is 29.3 Å². The molecule has 1 aromatic rings. The second kappa shape index (κ2) is 4.05. The first-order valence-corrected chi connectivity index (χ1v) is 4.33. The van der Waals surface area contributed by atoms with Crippen LogP contribution in [0.4, 0.5) is 0 Å². The number of ketones is 2. The molecular weight excluding hydrogens is 180 g/mol. The minimum absolute atomic E-state index is 0.0295. The van der Waals surface area contributed by atoms with Crippen LogP contribution in [0.1, 0.15) is 29.8 Å². The van der Waals surface area contributed by atoms with Crippen LogP contribution in [0, 0.1) is 0 Å². The lowest BCUT2D eigenvalue weighted by Gasteiger charge is -2.06. The first-order valence-electron chi connectivity index (χ1n) is 4.33. The van der Waals surface area contributed by atoms with Gasteiger partial charge in [0.05, 0.1) is 5.56 Å². The lowest BCUT2D eigenvalue weighted by atomic mass is 9.99. The second-order valence-electron chi connectivity index (χ2n) is 3.25. The average Bonchev–Trinajstić information content (AvgIpc) is 2.01. The molecule has 0 aliphatic carbocycles. The summed E-state index contributed by atoms with van der Waals surface area (Å²) in [7, 11) is 0. The number of carbonyl (C=O) groups is 2. The van der Waals surface area contributed by atoms with Crippen molar-refractivity contribution >= 4 is 11.6 Å². The SMILES string of the molecule is CC(=O)Cc1cccc(O)c1C(C)=O. The molecule has 0 spiro atoms. The van der Waals surface area contributed by atoms with E-state index in [1.807, 2.05) is 0 Å². The zero-order valence-electron chi connectivity index (χ0n) is 8.20. The number of benzene rings is 1. The lowest BCUT2D eigenvalue weighted by molar-refractivity contribution is -0.116. The van der Waals surface area contributed by atoms with Crippen LogP contribution in [0.15, 0.2) is 18.2 Å². The molecule has 0 unspecified atom stereocenters. The highest BCUT2D eigenvalue weighted by molar-refractivity contribution is 5.99. The smallest absolute Gasteiger partial charge is 0.163 e. The number of carbonyl (C=O) groups excluding carboxylic acids is 2. The third-order valence-corrected chi connectivity index (χ3v) is 1.92. The predicted octanol–water partition coefficient (Wildman–Crippen LogP) is 1.73. The van der Waals surface area contributed by atoms with Gasteiger partial charge in [0.25, 0.3) is 0 Å². The van der Waals surface area contributed by atoms with Crippen LogP contribution in [0.2, 0.25) is 0 Å². The summed E-state index contributed by atoms with van der Waals surface area (Å²) >= 11 is 0. The van der Waals surface area contributed by atoms with Crippen molar-refractivity contribution in [1.29, 1.82) is 0 Å². The number of hydrogen-bond donors (Lipinski definition) is 1. The first kappa shape index (κ1) is 10.4. The first-order chi connectivity index (χ1) is 6.52. The number of Topliss-reactive ketones (excluding diaryl/α,β-unsaturated/α-hetero) is 2. The molecule has 0 amide bonds. The zero-order chi connectivity index (χ0) is 10.7. The molecule has 1 N–H and O–H groups in total. The van der Waals surface area contributed by atoms with Crippen LogP contribution < -0.4 is 0 Å². The third-order valence-electron chi connectivity index (χ3n) is 1.92. The van der Waals surface area contributed by atoms with Crippen molar-refractivity contribution in [2.45, 2.75) is 20.3 Å². The zero-order valence-corrected chi connectivity index (χ0v) is 8.20. The molecule has 0 radical (unpaired) electrons. The molecule has 14 heavy (non-hydrogen) atoms. The standard InChI is InChI=1S/C11H12O3/c1-7(12)6-9-4-3-5-10(14)11(9)8(2)13/h3-5,14H,6H2,1-2H3. The van der Waals surface area contributed by atoms with Gasteiger partial charge >= 0.3 is 0 Å². The molecule has 0 aromatic heterocycles. The van der Waals surface area contributed by atoms with Gasteiger partial charge in [-0.1, -0.05) is 12.1 Å². The molecular formula is C11H12O3. The highest BCUT2D eigenvalue weighted by Gasteiger charge is 2.12. The summed E-state index contributed by atoms with van der Waals surface area (Å²) in [6, 6.07) is 4.75. The van der Waals surface area contributed by atoms with E-state index >= 15 is 0 Å². The maximum atomic E-state index is 11.2. The van der Waals surface area contributed by atoms with Crippen molar-refractivity contribution in [3.8, 4) is 5.75 Å². The molecule has 1 rings (SSSR count). The molecule has 0 heterocycles. The van der Waals surface area contributed by atoms with E-state index in [1.54, 1.807) is 12.1 Å². The van der Waals surface area contributed by atoms with Crippen molar-refractivity contribution in [1.82, 2.24) is 0 Å². The van der Waals surface area contributed by atoms with E-state index in [0.29, 0.717) is 5.56 Å². The number of phenolic OH excluding ortho intramolecular Hbond substituents is 1. The summed E-state index contributed by atoms with van der Waals surface area (Å²) in [6.45, 7) is 2.83. The Morgan fingerprint density at radius 1 is 1.29 bits per heavy atom. The Morgan fingerprint density at radius 3 is 2.43 bits per heavy atom. The van der Waals surface area contributed by atoms with Gasteiger partial charge in [0.2, 0.25) is 0 Å². The second-order valence-corrected chi connectivity index (χ2v) is 3.25. The van der Waals surface area contributed by atoms with Crippen LogP contribution in [-0.4, -0.2) is 16.7 Å². The Hall–Kier alpha value is -1.64. The van der Waals surface area contributed by atoms with E-state index in [0.717, 1.165) is 0 Å². The molecule has 74 valence electrons. The van der Waals surface area contributed by atoms with Gasteiger partial charge in [0.1, 0.15) is 11.5 Å². The topological polar surface area (TPSA) is 54.4 Å². The van der Waals surface area contributed by atoms with Gasteiger partial charge < -0.3 is 5.11 Å². The molecule has 0 aliphatic heterocycles. The van der Waals surface area contributed by atoms with Crippen LogP contribution in [0.3, 0.4) is 0 Å². The fourth-order valence-corrected chi connectivity index (χ4v) is 1.41. The fraction of sp³-hybridized carbons (Fsp3) is 0.273. The van der Waals surface area contributed by atoms with Gasteiger partial charge in [-0.05, 0) is 25.5 Å². The van der Waals surface area contributed by atoms with Gasteiger partial charge in [-0.3, -0.25) is 9.59 Å². The van der Waals surface area contributed by atoms with Gasteiger partial charge in [0, 0.05) is 6.42 Å². The number of aromatic hydroxyl groups is 1. The van der Waals surface area contributed by atoms with Gasteiger partial charge in [-0.15, -0.1) is 0 Å². The normalized spacial score (nSPS) is 9.86. The molecule has 0 bridgehead atoms. The maximum absolute atomic E-state index is 11.2. The van der Waals surface area contributed by atoms with E-state index in [2.05, 4.69) is 0 Å². The molecule has 0 saturated heterocycles.